The van der Waals surface area contributed by atoms with Crippen molar-refractivity contribution < 1.29 is 32.9 Å². The molecule has 1 aromatic carbocycles. The zero-order valence-corrected chi connectivity index (χ0v) is 18.8. The van der Waals surface area contributed by atoms with Gasteiger partial charge >= 0.3 is 6.09 Å². The highest BCUT2D eigenvalue weighted by Gasteiger charge is 2.65. The van der Waals surface area contributed by atoms with Crippen LogP contribution in [0.5, 0.6) is 0 Å². The number of alkyl carbamates (subject to hydrolysis) is 1. The second-order valence-corrected chi connectivity index (χ2v) is 9.18. The van der Waals surface area contributed by atoms with Crippen molar-refractivity contribution in [3.8, 4) is 0 Å². The number of hydrogen-bond donors (Lipinski definition) is 1. The Morgan fingerprint density at radius 1 is 1.25 bits per heavy atom. The third kappa shape index (κ3) is 4.16. The van der Waals surface area contributed by atoms with Crippen LogP contribution in [0.15, 0.2) is 30.3 Å². The van der Waals surface area contributed by atoms with Crippen molar-refractivity contribution in [3.63, 3.8) is 0 Å². The number of rotatable bonds is 5. The molecular weight excluding hydrogens is 417 g/mol. The number of hydrogen-bond acceptors (Lipinski definition) is 6. The second kappa shape index (κ2) is 9.45. The smallest absolute Gasteiger partial charge is 0.408 e. The van der Waals surface area contributed by atoms with Crippen LogP contribution in [-0.2, 0) is 30.3 Å². The van der Waals surface area contributed by atoms with Crippen molar-refractivity contribution >= 4 is 11.9 Å². The van der Waals surface area contributed by atoms with Crippen LogP contribution < -0.4 is 5.32 Å². The van der Waals surface area contributed by atoms with Crippen LogP contribution in [0.4, 0.5) is 9.18 Å². The van der Waals surface area contributed by atoms with Gasteiger partial charge in [-0.25, -0.2) is 9.18 Å². The number of ketones is 1. The molecule has 3 aliphatic rings. The lowest BCUT2D eigenvalue weighted by Crippen LogP contribution is -2.48. The first kappa shape index (κ1) is 23.1. The molecule has 3 fully saturated rings. The van der Waals surface area contributed by atoms with Crippen LogP contribution in [0, 0.1) is 23.7 Å². The summed E-state index contributed by atoms with van der Waals surface area (Å²) in [4.78, 5) is 25.3. The molecule has 1 amide bonds. The number of alkyl halides is 1. The zero-order valence-electron chi connectivity index (χ0n) is 18.8. The fourth-order valence-electron chi connectivity index (χ4n) is 5.99. The van der Waals surface area contributed by atoms with Crippen molar-refractivity contribution in [2.45, 2.75) is 56.9 Å². The van der Waals surface area contributed by atoms with E-state index in [0.29, 0.717) is 12.8 Å². The number of carbonyl (C=O) groups is 2. The lowest BCUT2D eigenvalue weighted by atomic mass is 9.72. The van der Waals surface area contributed by atoms with E-state index < -0.39 is 30.2 Å². The molecular formula is C24H32FNO6. The summed E-state index contributed by atoms with van der Waals surface area (Å²) in [6.45, 7) is 2.24. The Morgan fingerprint density at radius 2 is 1.97 bits per heavy atom. The highest BCUT2D eigenvalue weighted by atomic mass is 19.1. The first-order chi connectivity index (χ1) is 15.4. The average Bonchev–Trinajstić information content (AvgIpc) is 3.31. The predicted molar refractivity (Wildman–Crippen MR) is 113 cm³/mol. The minimum atomic E-state index is -1.17. The normalized spacial score (nSPS) is 36.0. The van der Waals surface area contributed by atoms with Crippen LogP contribution >= 0.6 is 0 Å². The van der Waals surface area contributed by atoms with E-state index in [2.05, 4.69) is 5.32 Å². The molecule has 1 saturated heterocycles. The summed E-state index contributed by atoms with van der Waals surface area (Å²) in [5.74, 6) is -1.86. The van der Waals surface area contributed by atoms with E-state index in [0.717, 1.165) is 5.56 Å². The first-order valence-electron chi connectivity index (χ1n) is 11.3. The van der Waals surface area contributed by atoms with Gasteiger partial charge < -0.3 is 24.3 Å². The lowest BCUT2D eigenvalue weighted by Gasteiger charge is -2.38. The van der Waals surface area contributed by atoms with E-state index in [1.165, 1.54) is 0 Å². The van der Waals surface area contributed by atoms with Crippen molar-refractivity contribution in [2.75, 3.05) is 20.8 Å². The molecule has 0 radical (unpaired) electrons. The topological polar surface area (TPSA) is 83.1 Å². The quantitative estimate of drug-likeness (QED) is 0.695. The summed E-state index contributed by atoms with van der Waals surface area (Å²) in [5, 5.41) is 2.71. The van der Waals surface area contributed by atoms with Gasteiger partial charge in [-0.05, 0) is 36.2 Å². The van der Waals surface area contributed by atoms with Crippen molar-refractivity contribution in [2.24, 2.45) is 23.7 Å². The molecule has 1 heterocycles. The van der Waals surface area contributed by atoms with E-state index in [4.69, 9.17) is 18.9 Å². The van der Waals surface area contributed by atoms with Crippen molar-refractivity contribution in [1.29, 1.82) is 0 Å². The summed E-state index contributed by atoms with van der Waals surface area (Å²) >= 11 is 0. The van der Waals surface area contributed by atoms with Gasteiger partial charge in [-0.15, -0.1) is 0 Å². The van der Waals surface area contributed by atoms with Gasteiger partial charge in [0.2, 0.25) is 0 Å². The Labute approximate surface area is 187 Å². The molecule has 2 saturated carbocycles. The van der Waals surface area contributed by atoms with E-state index in [1.807, 2.05) is 37.3 Å². The molecule has 2 unspecified atom stereocenters. The highest BCUT2D eigenvalue weighted by Crippen LogP contribution is 2.56. The van der Waals surface area contributed by atoms with Crippen LogP contribution in [0.2, 0.25) is 0 Å². The lowest BCUT2D eigenvalue weighted by molar-refractivity contribution is -0.235. The molecule has 0 aromatic heterocycles. The second-order valence-electron chi connectivity index (χ2n) is 9.18. The number of benzene rings is 1. The van der Waals surface area contributed by atoms with Gasteiger partial charge in [0.05, 0.1) is 12.1 Å². The summed E-state index contributed by atoms with van der Waals surface area (Å²) in [7, 11) is 3.10. The number of methoxy groups -OCH3 is 2. The molecule has 7 atom stereocenters. The van der Waals surface area contributed by atoms with Crippen molar-refractivity contribution in [3.05, 3.63) is 35.9 Å². The summed E-state index contributed by atoms with van der Waals surface area (Å²) < 4.78 is 38.0. The number of halogens is 1. The Balaban J connectivity index is 1.43. The highest BCUT2D eigenvalue weighted by molar-refractivity contribution is 5.87. The minimum Gasteiger partial charge on any atom is -0.445 e. The summed E-state index contributed by atoms with van der Waals surface area (Å²) in [5.41, 5.74) is 0.861. The number of carbonyl (C=O) groups excluding carboxylic acids is 2. The molecule has 0 spiro atoms. The number of ether oxygens (including phenoxy) is 4. The molecule has 7 nitrogen and oxygen atoms in total. The molecule has 4 rings (SSSR count). The van der Waals surface area contributed by atoms with Crippen LogP contribution in [0.3, 0.4) is 0 Å². The Bertz CT molecular complexity index is 816. The van der Waals surface area contributed by atoms with Gasteiger partial charge in [0.25, 0.3) is 0 Å². The monoisotopic (exact) mass is 449 g/mol. The van der Waals surface area contributed by atoms with Crippen LogP contribution in [0.1, 0.15) is 31.7 Å². The van der Waals surface area contributed by atoms with Gasteiger partial charge in [0.1, 0.15) is 19.4 Å². The number of Topliss-reactive ketones (excluding diaryl/α,β-unsaturated/α-hetero) is 1. The fraction of sp³-hybridized carbons (Fsp3) is 0.667. The van der Waals surface area contributed by atoms with Gasteiger partial charge in [-0.1, -0.05) is 37.3 Å². The summed E-state index contributed by atoms with van der Waals surface area (Å²) in [6.07, 6.45) is -1.32. The van der Waals surface area contributed by atoms with E-state index >= 15 is 4.39 Å². The first-order valence-corrected chi connectivity index (χ1v) is 11.3. The third-order valence-electron chi connectivity index (χ3n) is 7.55. The maximum atomic E-state index is 15.6. The fourth-order valence-corrected chi connectivity index (χ4v) is 5.99. The standard InChI is InChI=1S/C24H32FNO6/c1-14-11-17(26-23(28)31-12-15-7-5-4-6-8-15)18(27)10-9-16-19(14)21(25)22-20(16)24(29-2,30-3)13-32-22/h4-8,14,16-17,19-22H,9-13H2,1-3H3,(H,26,28)/t14?,16-,17-,19?,20-,21-,22-/m0/s1. The van der Waals surface area contributed by atoms with Gasteiger partial charge in [-0.2, -0.15) is 0 Å². The number of fused-ring (bicyclic) bond motifs is 3. The maximum absolute atomic E-state index is 15.6. The summed E-state index contributed by atoms with van der Waals surface area (Å²) in [6, 6.07) is 8.63. The Hall–Kier alpha value is -2.03. The van der Waals surface area contributed by atoms with Crippen molar-refractivity contribution in [1.82, 2.24) is 5.32 Å². The number of amides is 1. The zero-order chi connectivity index (χ0) is 22.9. The number of nitrogens with one attached hydrogen (secondary N) is 1. The maximum Gasteiger partial charge on any atom is 0.408 e. The molecule has 2 aliphatic carbocycles. The largest absolute Gasteiger partial charge is 0.445 e. The van der Waals surface area contributed by atoms with Crippen LogP contribution in [0.25, 0.3) is 0 Å². The molecule has 1 aliphatic heterocycles. The van der Waals surface area contributed by atoms with E-state index in [-0.39, 0.29) is 49.1 Å². The molecule has 8 heteroatoms. The molecule has 176 valence electrons. The minimum absolute atomic E-state index is 0.0647. The average molecular weight is 450 g/mol. The molecule has 0 bridgehead atoms. The van der Waals surface area contributed by atoms with E-state index in [9.17, 15) is 9.59 Å². The third-order valence-corrected chi connectivity index (χ3v) is 7.55. The Morgan fingerprint density at radius 3 is 2.66 bits per heavy atom. The van der Waals surface area contributed by atoms with Crippen LogP contribution in [-0.4, -0.2) is 56.8 Å². The molecule has 32 heavy (non-hydrogen) atoms. The molecule has 1 aromatic rings. The van der Waals surface area contributed by atoms with E-state index in [1.54, 1.807) is 14.2 Å². The van der Waals surface area contributed by atoms with Gasteiger partial charge in [-0.3, -0.25) is 4.79 Å². The van der Waals surface area contributed by atoms with Gasteiger partial charge in [0, 0.05) is 26.6 Å². The predicted octanol–water partition coefficient (Wildman–Crippen LogP) is 3.26. The Kier molecular flexibility index (Phi) is 6.83. The van der Waals surface area contributed by atoms with Gasteiger partial charge in [0.15, 0.2) is 11.6 Å². The molecule has 1 N–H and O–H groups in total. The SMILES string of the molecule is COC1(OC)CO[C@H]2[C@@H]1[C@H]1CCC(=O)[C@@H](NC(=O)OCc3ccccc3)CC(C)C1[C@@H]2F.